The Morgan fingerprint density at radius 3 is 2.70 bits per heavy atom. The Balaban J connectivity index is 1.73. The second-order valence-corrected chi connectivity index (χ2v) is 9.58. The summed E-state index contributed by atoms with van der Waals surface area (Å²) >= 11 is 7.69. The first kappa shape index (κ1) is 21.7. The van der Waals surface area contributed by atoms with E-state index in [0.29, 0.717) is 45.6 Å². The number of pyridine rings is 1. The van der Waals surface area contributed by atoms with Gasteiger partial charge in [-0.25, -0.2) is 0 Å². The average Bonchev–Trinajstić information content (AvgIpc) is 3.38. The van der Waals surface area contributed by atoms with Crippen molar-refractivity contribution in [1.82, 2.24) is 9.47 Å². The smallest absolute Gasteiger partial charge is 0.266 e. The molecule has 0 aliphatic carbocycles. The van der Waals surface area contributed by atoms with Crippen LogP contribution in [0, 0.1) is 6.92 Å². The minimum atomic E-state index is -0.516. The Morgan fingerprint density at radius 2 is 1.97 bits per heavy atom. The van der Waals surface area contributed by atoms with E-state index in [-0.39, 0.29) is 11.5 Å². The van der Waals surface area contributed by atoms with Crippen LogP contribution in [0.25, 0.3) is 15.9 Å². The standard InChI is InChI=1S/C25H22ClN3O3S/c1-15-5-4-6-16(13-15)27-22-18-9-10-21(31)29(20-8-3-2-7-19(20)26)25(18)33-23(22)24(32)28-12-11-17(30)14-28/h2-10,13,17,27,30H,11-12,14H2,1H3/t17-/m0/s1. The third kappa shape index (κ3) is 4.04. The lowest BCUT2D eigenvalue weighted by molar-refractivity contribution is 0.0770. The van der Waals surface area contributed by atoms with E-state index in [9.17, 15) is 14.7 Å². The molecule has 1 aliphatic heterocycles. The first-order chi connectivity index (χ1) is 15.9. The van der Waals surface area contributed by atoms with Gasteiger partial charge < -0.3 is 15.3 Å². The second-order valence-electron chi connectivity index (χ2n) is 8.17. The number of benzene rings is 2. The SMILES string of the molecule is Cc1cccc(Nc2c(C(=O)N3CC[C@H](O)C3)sc3c2ccc(=O)n3-c2ccccc2Cl)c1. The number of nitrogens with zero attached hydrogens (tertiary/aromatic N) is 2. The topological polar surface area (TPSA) is 74.6 Å². The molecule has 0 spiro atoms. The van der Waals surface area contributed by atoms with Gasteiger partial charge in [0.1, 0.15) is 9.71 Å². The largest absolute Gasteiger partial charge is 0.391 e. The number of hydrogen-bond acceptors (Lipinski definition) is 5. The molecule has 3 heterocycles. The summed E-state index contributed by atoms with van der Waals surface area (Å²) < 4.78 is 1.55. The highest BCUT2D eigenvalue weighted by atomic mass is 35.5. The van der Waals surface area contributed by atoms with Crippen LogP contribution < -0.4 is 10.9 Å². The molecule has 5 rings (SSSR count). The number of amides is 1. The number of β-amino-alcohol motifs (C(OH)–C–C–N with tert-alkyl or cyclic N) is 1. The van der Waals surface area contributed by atoms with Gasteiger partial charge in [-0.15, -0.1) is 11.3 Å². The number of aromatic nitrogens is 1. The van der Waals surface area contributed by atoms with E-state index in [0.717, 1.165) is 16.6 Å². The molecule has 1 aliphatic rings. The summed E-state index contributed by atoms with van der Waals surface area (Å²) in [6.45, 7) is 2.80. The first-order valence-electron chi connectivity index (χ1n) is 10.7. The van der Waals surface area contributed by atoms with Crippen molar-refractivity contribution in [2.45, 2.75) is 19.4 Å². The molecule has 168 valence electrons. The predicted molar refractivity (Wildman–Crippen MR) is 133 cm³/mol. The normalized spacial score (nSPS) is 15.8. The molecular weight excluding hydrogens is 458 g/mol. The molecule has 0 bridgehead atoms. The number of aryl methyl sites for hydroxylation is 1. The van der Waals surface area contributed by atoms with Gasteiger partial charge in [0.2, 0.25) is 0 Å². The highest BCUT2D eigenvalue weighted by Crippen LogP contribution is 2.39. The van der Waals surface area contributed by atoms with Crippen LogP contribution in [0.2, 0.25) is 5.02 Å². The number of thiophene rings is 1. The van der Waals surface area contributed by atoms with Gasteiger partial charge in [-0.1, -0.05) is 35.9 Å². The van der Waals surface area contributed by atoms with Crippen molar-refractivity contribution in [3.8, 4) is 5.69 Å². The minimum absolute atomic E-state index is 0.166. The monoisotopic (exact) mass is 479 g/mol. The summed E-state index contributed by atoms with van der Waals surface area (Å²) in [5.41, 5.74) is 2.92. The number of para-hydroxylation sites is 1. The maximum atomic E-state index is 13.5. The number of fused-ring (bicyclic) bond motifs is 1. The number of nitrogens with one attached hydrogen (secondary N) is 1. The molecule has 33 heavy (non-hydrogen) atoms. The molecular formula is C25H22ClN3O3S. The third-order valence-electron chi connectivity index (χ3n) is 5.77. The molecule has 2 aromatic heterocycles. The van der Waals surface area contributed by atoms with Gasteiger partial charge in [0.15, 0.2) is 0 Å². The van der Waals surface area contributed by atoms with E-state index < -0.39 is 6.10 Å². The lowest BCUT2D eigenvalue weighted by atomic mass is 10.2. The van der Waals surface area contributed by atoms with Crippen LogP contribution in [0.5, 0.6) is 0 Å². The van der Waals surface area contributed by atoms with Gasteiger partial charge in [0, 0.05) is 30.2 Å². The number of anilines is 2. The van der Waals surface area contributed by atoms with Gasteiger partial charge in [-0.05, 0) is 49.2 Å². The van der Waals surface area contributed by atoms with Crippen molar-refractivity contribution in [2.75, 3.05) is 18.4 Å². The molecule has 0 unspecified atom stereocenters. The Kier molecular flexibility index (Phi) is 5.70. The molecule has 0 saturated carbocycles. The predicted octanol–water partition coefficient (Wildman–Crippen LogP) is 4.96. The van der Waals surface area contributed by atoms with Gasteiger partial charge in [-0.3, -0.25) is 14.2 Å². The number of carbonyl (C=O) groups is 1. The van der Waals surface area contributed by atoms with Crippen molar-refractivity contribution in [1.29, 1.82) is 0 Å². The zero-order chi connectivity index (χ0) is 23.1. The third-order valence-corrected chi connectivity index (χ3v) is 7.27. The van der Waals surface area contributed by atoms with Crippen LogP contribution in [-0.4, -0.2) is 39.7 Å². The van der Waals surface area contributed by atoms with E-state index >= 15 is 0 Å². The molecule has 4 aromatic rings. The number of aliphatic hydroxyl groups excluding tert-OH is 1. The number of halogens is 1. The van der Waals surface area contributed by atoms with Crippen LogP contribution in [-0.2, 0) is 0 Å². The molecule has 1 fully saturated rings. The van der Waals surface area contributed by atoms with Gasteiger partial charge in [0.05, 0.1) is 22.5 Å². The lowest BCUT2D eigenvalue weighted by Crippen LogP contribution is -2.29. The fourth-order valence-electron chi connectivity index (χ4n) is 4.15. The molecule has 2 N–H and O–H groups in total. The first-order valence-corrected chi connectivity index (χ1v) is 11.9. The lowest BCUT2D eigenvalue weighted by Gasteiger charge is -2.16. The Labute approximate surface area is 199 Å². The van der Waals surface area contributed by atoms with Crippen LogP contribution in [0.1, 0.15) is 21.7 Å². The quantitative estimate of drug-likeness (QED) is 0.433. The number of likely N-dealkylation sites (tertiary alicyclic amines) is 1. The van der Waals surface area contributed by atoms with Gasteiger partial charge in [-0.2, -0.15) is 0 Å². The molecule has 1 amide bonds. The molecule has 8 heteroatoms. The maximum absolute atomic E-state index is 13.5. The molecule has 2 aromatic carbocycles. The van der Waals surface area contributed by atoms with E-state index in [4.69, 9.17) is 11.6 Å². The van der Waals surface area contributed by atoms with E-state index in [1.54, 1.807) is 27.7 Å². The Bertz CT molecular complexity index is 1430. The summed E-state index contributed by atoms with van der Waals surface area (Å²) in [5.74, 6) is -0.166. The molecule has 6 nitrogen and oxygen atoms in total. The molecule has 1 atom stereocenters. The van der Waals surface area contributed by atoms with Crippen molar-refractivity contribution in [2.24, 2.45) is 0 Å². The van der Waals surface area contributed by atoms with Gasteiger partial charge >= 0.3 is 0 Å². The zero-order valence-corrected chi connectivity index (χ0v) is 19.5. The summed E-state index contributed by atoms with van der Waals surface area (Å²) in [4.78, 5) is 29.2. The number of aliphatic hydroxyl groups is 1. The van der Waals surface area contributed by atoms with Crippen LogP contribution in [0.4, 0.5) is 11.4 Å². The second kappa shape index (κ2) is 8.67. The minimum Gasteiger partial charge on any atom is -0.391 e. The van der Waals surface area contributed by atoms with E-state index in [1.807, 2.05) is 43.3 Å². The summed E-state index contributed by atoms with van der Waals surface area (Å²) in [6.07, 6.45) is 0.0412. The van der Waals surface area contributed by atoms with Crippen molar-refractivity contribution in [3.63, 3.8) is 0 Å². The fraction of sp³-hybridized carbons (Fsp3) is 0.200. The molecule has 1 saturated heterocycles. The Hall–Kier alpha value is -3.13. The van der Waals surface area contributed by atoms with Crippen molar-refractivity contribution in [3.05, 3.63) is 86.5 Å². The number of rotatable bonds is 4. The van der Waals surface area contributed by atoms with Crippen molar-refractivity contribution >= 4 is 50.4 Å². The fourth-order valence-corrected chi connectivity index (χ4v) is 5.61. The summed E-state index contributed by atoms with van der Waals surface area (Å²) in [5, 5.41) is 14.6. The zero-order valence-electron chi connectivity index (χ0n) is 17.9. The molecule has 0 radical (unpaired) electrons. The van der Waals surface area contributed by atoms with Gasteiger partial charge in [0.25, 0.3) is 11.5 Å². The van der Waals surface area contributed by atoms with Crippen LogP contribution >= 0.6 is 22.9 Å². The van der Waals surface area contributed by atoms with E-state index in [2.05, 4.69) is 5.32 Å². The number of carbonyl (C=O) groups excluding carboxylic acids is 1. The summed E-state index contributed by atoms with van der Waals surface area (Å²) in [6, 6.07) is 18.3. The number of hydrogen-bond donors (Lipinski definition) is 2. The summed E-state index contributed by atoms with van der Waals surface area (Å²) in [7, 11) is 0. The van der Waals surface area contributed by atoms with Crippen molar-refractivity contribution < 1.29 is 9.90 Å². The van der Waals surface area contributed by atoms with E-state index in [1.165, 1.54) is 17.4 Å². The maximum Gasteiger partial charge on any atom is 0.266 e. The highest BCUT2D eigenvalue weighted by molar-refractivity contribution is 7.21. The highest BCUT2D eigenvalue weighted by Gasteiger charge is 2.30. The van der Waals surface area contributed by atoms with Crippen LogP contribution in [0.15, 0.2) is 65.5 Å². The Morgan fingerprint density at radius 1 is 1.15 bits per heavy atom. The average molecular weight is 480 g/mol. The van der Waals surface area contributed by atoms with Crippen LogP contribution in [0.3, 0.4) is 0 Å².